The van der Waals surface area contributed by atoms with Crippen LogP contribution in [0.3, 0.4) is 0 Å². The maximum absolute atomic E-state index is 13.3. The number of fused-ring (bicyclic) bond motifs is 2. The zero-order valence-corrected chi connectivity index (χ0v) is 17.4. The molecule has 0 aliphatic heterocycles. The van der Waals surface area contributed by atoms with Gasteiger partial charge in [-0.1, -0.05) is 53.4 Å². The molecule has 0 unspecified atom stereocenters. The van der Waals surface area contributed by atoms with E-state index in [-0.39, 0.29) is 17.0 Å². The average Bonchev–Trinajstić information content (AvgIpc) is 2.79. The molecule has 0 saturated heterocycles. The Morgan fingerprint density at radius 1 is 0.839 bits per heavy atom. The first-order valence-electron chi connectivity index (χ1n) is 9.66. The van der Waals surface area contributed by atoms with Crippen molar-refractivity contribution < 1.29 is 0 Å². The molecule has 0 amide bonds. The molecule has 31 heavy (non-hydrogen) atoms. The third-order valence-electron chi connectivity index (χ3n) is 4.95. The number of hydrogen-bond donors (Lipinski definition) is 0. The molecule has 0 atom stereocenters. The number of hydrogen-bond acceptors (Lipinski definition) is 6. The quantitative estimate of drug-likeness (QED) is 0.322. The van der Waals surface area contributed by atoms with Crippen LogP contribution in [0.4, 0.5) is 0 Å². The molecule has 7 nitrogen and oxygen atoms in total. The Kier molecular flexibility index (Phi) is 4.83. The van der Waals surface area contributed by atoms with Crippen molar-refractivity contribution in [1.29, 1.82) is 0 Å². The Morgan fingerprint density at radius 2 is 1.55 bits per heavy atom. The van der Waals surface area contributed by atoms with Gasteiger partial charge in [0.25, 0.3) is 11.1 Å². The first kappa shape index (κ1) is 19.2. The van der Waals surface area contributed by atoms with E-state index in [0.717, 1.165) is 11.3 Å². The third kappa shape index (κ3) is 3.51. The lowest BCUT2D eigenvalue weighted by Crippen LogP contribution is -2.25. The van der Waals surface area contributed by atoms with Crippen LogP contribution in [0.1, 0.15) is 5.56 Å². The van der Waals surface area contributed by atoms with Gasteiger partial charge in [-0.15, -0.1) is 5.10 Å². The van der Waals surface area contributed by atoms with Gasteiger partial charge in [0.05, 0.1) is 27.9 Å². The van der Waals surface area contributed by atoms with E-state index < -0.39 is 0 Å². The summed E-state index contributed by atoms with van der Waals surface area (Å²) in [7, 11) is 0. The maximum Gasteiger partial charge on any atom is 0.278 e. The molecule has 0 fully saturated rings. The summed E-state index contributed by atoms with van der Waals surface area (Å²) in [6.45, 7) is 1.97. The van der Waals surface area contributed by atoms with Crippen LogP contribution in [0.5, 0.6) is 0 Å². The van der Waals surface area contributed by atoms with Crippen molar-refractivity contribution in [2.24, 2.45) is 0 Å². The normalized spacial score (nSPS) is 11.3. The number of nitrogens with zero attached hydrogens (tertiary/aromatic N) is 5. The first-order valence-corrected chi connectivity index (χ1v) is 10.6. The minimum Gasteiger partial charge on any atom is -0.268 e. The summed E-state index contributed by atoms with van der Waals surface area (Å²) in [5, 5.41) is 9.69. The Balaban J connectivity index is 1.63. The molecule has 0 spiro atoms. The molecule has 5 rings (SSSR count). The predicted molar refractivity (Wildman–Crippen MR) is 122 cm³/mol. The van der Waals surface area contributed by atoms with Crippen LogP contribution in [0.25, 0.3) is 27.5 Å². The van der Waals surface area contributed by atoms with Crippen molar-refractivity contribution in [1.82, 2.24) is 24.5 Å². The minimum absolute atomic E-state index is 0.157. The second-order valence-corrected chi connectivity index (χ2v) is 7.99. The number of aromatic nitrogens is 5. The zero-order valence-electron chi connectivity index (χ0n) is 16.6. The van der Waals surface area contributed by atoms with E-state index in [2.05, 4.69) is 10.3 Å². The summed E-state index contributed by atoms with van der Waals surface area (Å²) >= 11 is 1.26. The van der Waals surface area contributed by atoms with Gasteiger partial charge in [-0.2, -0.15) is 4.68 Å². The number of aryl methyl sites for hydroxylation is 1. The summed E-state index contributed by atoms with van der Waals surface area (Å²) in [6, 6.07) is 22.0. The SMILES string of the molecule is Cc1cccc(-n2c(SCn3nnc4ccccc4c3=O)nc3ccccc3c2=O)c1. The molecule has 8 heteroatoms. The Hall–Kier alpha value is -3.78. The van der Waals surface area contributed by atoms with Crippen LogP contribution >= 0.6 is 11.8 Å². The van der Waals surface area contributed by atoms with Gasteiger partial charge in [-0.25, -0.2) is 4.98 Å². The van der Waals surface area contributed by atoms with E-state index in [4.69, 9.17) is 4.98 Å². The monoisotopic (exact) mass is 427 g/mol. The van der Waals surface area contributed by atoms with Crippen molar-refractivity contribution >= 4 is 33.6 Å². The van der Waals surface area contributed by atoms with Gasteiger partial charge in [0.2, 0.25) is 0 Å². The molecule has 2 aromatic heterocycles. The van der Waals surface area contributed by atoms with E-state index in [0.29, 0.717) is 27.0 Å². The van der Waals surface area contributed by atoms with Crippen LogP contribution in [-0.2, 0) is 5.88 Å². The predicted octanol–water partition coefficient (Wildman–Crippen LogP) is 3.55. The highest BCUT2D eigenvalue weighted by Crippen LogP contribution is 2.22. The van der Waals surface area contributed by atoms with Gasteiger partial charge < -0.3 is 0 Å². The fourth-order valence-corrected chi connectivity index (χ4v) is 4.32. The minimum atomic E-state index is -0.233. The summed E-state index contributed by atoms with van der Waals surface area (Å²) in [5.41, 5.74) is 2.52. The summed E-state index contributed by atoms with van der Waals surface area (Å²) in [5.74, 6) is 0.174. The lowest BCUT2D eigenvalue weighted by molar-refractivity contribution is 0.642. The highest BCUT2D eigenvalue weighted by Gasteiger charge is 2.14. The van der Waals surface area contributed by atoms with Crippen LogP contribution in [0.15, 0.2) is 87.5 Å². The molecule has 0 bridgehead atoms. The molecular weight excluding hydrogens is 410 g/mol. The molecular formula is C23H17N5O2S. The van der Waals surface area contributed by atoms with Gasteiger partial charge in [0.15, 0.2) is 5.16 Å². The van der Waals surface area contributed by atoms with Crippen LogP contribution in [0, 0.1) is 6.92 Å². The third-order valence-corrected chi connectivity index (χ3v) is 5.86. The van der Waals surface area contributed by atoms with Crippen molar-refractivity contribution in [2.75, 3.05) is 0 Å². The highest BCUT2D eigenvalue weighted by atomic mass is 32.2. The Morgan fingerprint density at radius 3 is 2.32 bits per heavy atom. The lowest BCUT2D eigenvalue weighted by atomic mass is 10.2. The second kappa shape index (κ2) is 7.81. The van der Waals surface area contributed by atoms with Crippen molar-refractivity contribution in [3.05, 3.63) is 99.1 Å². The average molecular weight is 427 g/mol. The van der Waals surface area contributed by atoms with Gasteiger partial charge in [0, 0.05) is 0 Å². The van der Waals surface area contributed by atoms with E-state index in [1.165, 1.54) is 16.4 Å². The van der Waals surface area contributed by atoms with Crippen molar-refractivity contribution in [3.63, 3.8) is 0 Å². The van der Waals surface area contributed by atoms with Gasteiger partial charge in [0.1, 0.15) is 5.52 Å². The fraction of sp³-hybridized carbons (Fsp3) is 0.0870. The van der Waals surface area contributed by atoms with Gasteiger partial charge >= 0.3 is 0 Å². The molecule has 0 saturated carbocycles. The van der Waals surface area contributed by atoms with E-state index in [9.17, 15) is 9.59 Å². The van der Waals surface area contributed by atoms with E-state index in [1.807, 2.05) is 55.5 Å². The van der Waals surface area contributed by atoms with Crippen LogP contribution in [-0.4, -0.2) is 24.5 Å². The molecule has 0 N–H and O–H groups in total. The van der Waals surface area contributed by atoms with Crippen LogP contribution in [0.2, 0.25) is 0 Å². The van der Waals surface area contributed by atoms with Crippen molar-refractivity contribution in [3.8, 4) is 5.69 Å². The number of thioether (sulfide) groups is 1. The molecule has 152 valence electrons. The zero-order chi connectivity index (χ0) is 21.4. The van der Waals surface area contributed by atoms with E-state index >= 15 is 0 Å². The fourth-order valence-electron chi connectivity index (χ4n) is 3.43. The first-order chi connectivity index (χ1) is 15.1. The number of rotatable bonds is 4. The molecule has 2 heterocycles. The molecule has 0 aliphatic rings. The molecule has 0 aliphatic carbocycles. The van der Waals surface area contributed by atoms with Gasteiger partial charge in [-0.05, 0) is 48.9 Å². The smallest absolute Gasteiger partial charge is 0.268 e. The lowest BCUT2D eigenvalue weighted by Gasteiger charge is -2.14. The number of para-hydroxylation sites is 1. The summed E-state index contributed by atoms with van der Waals surface area (Å²) in [4.78, 5) is 30.8. The van der Waals surface area contributed by atoms with E-state index in [1.54, 1.807) is 28.8 Å². The molecule has 5 aromatic rings. The molecule has 0 radical (unpaired) electrons. The Bertz CT molecular complexity index is 1560. The molecule has 3 aromatic carbocycles. The number of benzene rings is 3. The topological polar surface area (TPSA) is 82.7 Å². The standard InChI is InChI=1S/C23H17N5O2S/c1-15-7-6-8-16(13-15)28-22(30)17-9-2-4-11-19(17)24-23(28)31-14-27-21(29)18-10-3-5-12-20(18)25-26-27/h2-13H,14H2,1H3. The van der Waals surface area contributed by atoms with Crippen LogP contribution < -0.4 is 11.1 Å². The summed E-state index contributed by atoms with van der Waals surface area (Å²) < 4.78 is 2.87. The van der Waals surface area contributed by atoms with Crippen molar-refractivity contribution in [2.45, 2.75) is 18.0 Å². The summed E-state index contributed by atoms with van der Waals surface area (Å²) in [6.07, 6.45) is 0. The second-order valence-electron chi connectivity index (χ2n) is 7.08. The highest BCUT2D eigenvalue weighted by molar-refractivity contribution is 7.98. The maximum atomic E-state index is 13.3. The van der Waals surface area contributed by atoms with Gasteiger partial charge in [-0.3, -0.25) is 14.2 Å². The Labute approximate surface area is 181 Å². The largest absolute Gasteiger partial charge is 0.278 e.